The number of rotatable bonds is 3. The van der Waals surface area contributed by atoms with Gasteiger partial charge in [0.05, 0.1) is 0 Å². The lowest BCUT2D eigenvalue weighted by Crippen LogP contribution is -2.47. The number of hydrogen-bond acceptors (Lipinski definition) is 2. The van der Waals surface area contributed by atoms with E-state index in [1.165, 1.54) is 6.07 Å². The van der Waals surface area contributed by atoms with Crippen molar-refractivity contribution in [1.82, 2.24) is 10.2 Å². The van der Waals surface area contributed by atoms with Crippen LogP contribution in [0.25, 0.3) is 0 Å². The van der Waals surface area contributed by atoms with Crippen LogP contribution in [-0.2, 0) is 4.79 Å². The number of nitrogens with zero attached hydrogens (tertiary/aromatic N) is 1. The van der Waals surface area contributed by atoms with Gasteiger partial charge in [0.1, 0.15) is 5.82 Å². The van der Waals surface area contributed by atoms with E-state index in [-0.39, 0.29) is 29.7 Å². The molecular weight excluding hydrogens is 297 g/mol. The second kappa shape index (κ2) is 6.56. The summed E-state index contributed by atoms with van der Waals surface area (Å²) in [7, 11) is 0. The molecule has 0 bridgehead atoms. The average Bonchev–Trinajstić information content (AvgIpc) is 3.36. The van der Waals surface area contributed by atoms with E-state index >= 15 is 0 Å². The third-order valence-corrected chi connectivity index (χ3v) is 4.50. The molecule has 0 atom stereocenters. The van der Waals surface area contributed by atoms with Gasteiger partial charge < -0.3 is 15.5 Å². The Morgan fingerprint density at radius 3 is 2.48 bits per heavy atom. The molecule has 2 N–H and O–H groups in total. The van der Waals surface area contributed by atoms with Crippen LogP contribution in [0.3, 0.4) is 0 Å². The molecule has 1 heterocycles. The maximum atomic E-state index is 13.5. The van der Waals surface area contributed by atoms with Crippen LogP contribution in [0.2, 0.25) is 0 Å². The third kappa shape index (κ3) is 4.00. The van der Waals surface area contributed by atoms with Gasteiger partial charge in [-0.2, -0.15) is 0 Å². The standard InChI is InChI=1S/C17H22FN3O2/c1-11-2-5-14(10-15(11)18)20-17(23)19-13-6-8-21(9-7-13)16(22)12-3-4-12/h2,5,10,12-13H,3-4,6-9H2,1H3,(H2,19,20,23). The van der Waals surface area contributed by atoms with Crippen LogP contribution in [0.1, 0.15) is 31.2 Å². The number of carbonyl (C=O) groups excluding carboxylic acids is 2. The first-order valence-corrected chi connectivity index (χ1v) is 8.15. The van der Waals surface area contributed by atoms with Crippen molar-refractivity contribution < 1.29 is 14.0 Å². The zero-order valence-corrected chi connectivity index (χ0v) is 13.3. The highest BCUT2D eigenvalue weighted by Gasteiger charge is 2.35. The van der Waals surface area contributed by atoms with Gasteiger partial charge in [-0.1, -0.05) is 6.07 Å². The monoisotopic (exact) mass is 319 g/mol. The summed E-state index contributed by atoms with van der Waals surface area (Å²) in [6.07, 6.45) is 3.56. The molecule has 1 aromatic carbocycles. The molecule has 1 aromatic rings. The molecule has 1 saturated heterocycles. The van der Waals surface area contributed by atoms with Gasteiger partial charge in [-0.25, -0.2) is 9.18 Å². The first-order valence-electron chi connectivity index (χ1n) is 8.15. The van der Waals surface area contributed by atoms with Crippen molar-refractivity contribution in [2.24, 2.45) is 5.92 Å². The van der Waals surface area contributed by atoms with Crippen molar-refractivity contribution in [1.29, 1.82) is 0 Å². The van der Waals surface area contributed by atoms with Gasteiger partial charge in [-0.05, 0) is 50.3 Å². The smallest absolute Gasteiger partial charge is 0.319 e. The average molecular weight is 319 g/mol. The molecule has 0 spiro atoms. The van der Waals surface area contributed by atoms with Gasteiger partial charge >= 0.3 is 6.03 Å². The lowest BCUT2D eigenvalue weighted by molar-refractivity contribution is -0.133. The van der Waals surface area contributed by atoms with Gasteiger partial charge in [0.2, 0.25) is 5.91 Å². The zero-order valence-electron chi connectivity index (χ0n) is 13.3. The molecule has 1 aliphatic heterocycles. The van der Waals surface area contributed by atoms with Crippen molar-refractivity contribution in [3.8, 4) is 0 Å². The summed E-state index contributed by atoms with van der Waals surface area (Å²) in [6, 6.07) is 4.34. The number of amides is 3. The highest BCUT2D eigenvalue weighted by molar-refractivity contribution is 5.89. The molecule has 23 heavy (non-hydrogen) atoms. The molecule has 5 nitrogen and oxygen atoms in total. The van der Waals surface area contributed by atoms with Crippen molar-refractivity contribution >= 4 is 17.6 Å². The Morgan fingerprint density at radius 2 is 1.87 bits per heavy atom. The van der Waals surface area contributed by atoms with E-state index in [4.69, 9.17) is 0 Å². The summed E-state index contributed by atoms with van der Waals surface area (Å²) in [5, 5.41) is 5.54. The summed E-state index contributed by atoms with van der Waals surface area (Å²) < 4.78 is 13.5. The number of anilines is 1. The molecule has 0 radical (unpaired) electrons. The van der Waals surface area contributed by atoms with Crippen LogP contribution in [0.5, 0.6) is 0 Å². The van der Waals surface area contributed by atoms with Crippen LogP contribution in [0.4, 0.5) is 14.9 Å². The first-order chi connectivity index (χ1) is 11.0. The number of aryl methyl sites for hydroxylation is 1. The molecule has 3 rings (SSSR count). The Morgan fingerprint density at radius 1 is 1.17 bits per heavy atom. The lowest BCUT2D eigenvalue weighted by atomic mass is 10.0. The summed E-state index contributed by atoms with van der Waals surface area (Å²) in [6.45, 7) is 3.06. The molecule has 0 aromatic heterocycles. The summed E-state index contributed by atoms with van der Waals surface area (Å²) in [5.41, 5.74) is 0.982. The molecule has 0 unspecified atom stereocenters. The Bertz CT molecular complexity index is 608. The molecular formula is C17H22FN3O2. The van der Waals surface area contributed by atoms with Gasteiger partial charge in [-0.3, -0.25) is 4.79 Å². The fourth-order valence-electron chi connectivity index (χ4n) is 2.86. The SMILES string of the molecule is Cc1ccc(NC(=O)NC2CCN(C(=O)C3CC3)CC2)cc1F. The Balaban J connectivity index is 1.45. The molecule has 3 amide bonds. The summed E-state index contributed by atoms with van der Waals surface area (Å²) >= 11 is 0. The van der Waals surface area contributed by atoms with Crippen LogP contribution in [-0.4, -0.2) is 36.0 Å². The van der Waals surface area contributed by atoms with Crippen molar-refractivity contribution in [3.63, 3.8) is 0 Å². The summed E-state index contributed by atoms with van der Waals surface area (Å²) in [4.78, 5) is 25.9. The van der Waals surface area contributed by atoms with Crippen LogP contribution in [0.15, 0.2) is 18.2 Å². The predicted molar refractivity (Wildman–Crippen MR) is 85.6 cm³/mol. The number of urea groups is 1. The highest BCUT2D eigenvalue weighted by atomic mass is 19.1. The fourth-order valence-corrected chi connectivity index (χ4v) is 2.86. The van der Waals surface area contributed by atoms with E-state index in [9.17, 15) is 14.0 Å². The van der Waals surface area contributed by atoms with E-state index in [2.05, 4.69) is 10.6 Å². The van der Waals surface area contributed by atoms with Crippen molar-refractivity contribution in [3.05, 3.63) is 29.6 Å². The first kappa shape index (κ1) is 15.8. The molecule has 1 saturated carbocycles. The maximum Gasteiger partial charge on any atom is 0.319 e. The van der Waals surface area contributed by atoms with Gasteiger partial charge in [0.15, 0.2) is 0 Å². The van der Waals surface area contributed by atoms with Crippen LogP contribution in [0, 0.1) is 18.7 Å². The normalized spacial score (nSPS) is 18.6. The zero-order chi connectivity index (χ0) is 16.4. The predicted octanol–water partition coefficient (Wildman–Crippen LogP) is 2.66. The number of piperidine rings is 1. The van der Waals surface area contributed by atoms with Crippen molar-refractivity contribution in [2.75, 3.05) is 18.4 Å². The summed E-state index contributed by atoms with van der Waals surface area (Å²) in [5.74, 6) is 0.178. The number of nitrogens with one attached hydrogen (secondary N) is 2. The Hall–Kier alpha value is -2.11. The molecule has 2 fully saturated rings. The minimum Gasteiger partial charge on any atom is -0.342 e. The quantitative estimate of drug-likeness (QED) is 0.900. The minimum atomic E-state index is -0.338. The highest BCUT2D eigenvalue weighted by Crippen LogP contribution is 2.31. The third-order valence-electron chi connectivity index (χ3n) is 4.50. The number of halogens is 1. The van der Waals surface area contributed by atoms with Gasteiger partial charge in [0, 0.05) is 30.7 Å². The topological polar surface area (TPSA) is 61.4 Å². The lowest BCUT2D eigenvalue weighted by Gasteiger charge is -2.32. The second-order valence-corrected chi connectivity index (χ2v) is 6.44. The maximum absolute atomic E-state index is 13.5. The second-order valence-electron chi connectivity index (χ2n) is 6.44. The van der Waals surface area contributed by atoms with E-state index in [1.54, 1.807) is 19.1 Å². The van der Waals surface area contributed by atoms with E-state index in [0.717, 1.165) is 25.7 Å². The van der Waals surface area contributed by atoms with Gasteiger partial charge in [-0.15, -0.1) is 0 Å². The Kier molecular flexibility index (Phi) is 4.50. The number of benzene rings is 1. The van der Waals surface area contributed by atoms with Crippen LogP contribution < -0.4 is 10.6 Å². The fraction of sp³-hybridized carbons (Fsp3) is 0.529. The molecule has 6 heteroatoms. The molecule has 2 aliphatic rings. The van der Waals surface area contributed by atoms with Crippen molar-refractivity contribution in [2.45, 2.75) is 38.6 Å². The van der Waals surface area contributed by atoms with E-state index < -0.39 is 0 Å². The molecule has 124 valence electrons. The van der Waals surface area contributed by atoms with E-state index in [1.807, 2.05) is 4.90 Å². The van der Waals surface area contributed by atoms with Crippen LogP contribution >= 0.6 is 0 Å². The van der Waals surface area contributed by atoms with Gasteiger partial charge in [0.25, 0.3) is 0 Å². The van der Waals surface area contributed by atoms with E-state index in [0.29, 0.717) is 24.3 Å². The largest absolute Gasteiger partial charge is 0.342 e. The number of hydrogen-bond donors (Lipinski definition) is 2. The minimum absolute atomic E-state index is 0.0496. The molecule has 1 aliphatic carbocycles. The number of carbonyl (C=O) groups is 2. The Labute approximate surface area is 135 Å². The number of likely N-dealkylation sites (tertiary alicyclic amines) is 1.